The number of nitrogens with zero attached hydrogens (tertiary/aromatic N) is 3. The summed E-state index contributed by atoms with van der Waals surface area (Å²) in [5.41, 5.74) is -0.0740. The maximum atomic E-state index is 13.2. The molecule has 0 aliphatic heterocycles. The molecule has 172 valence electrons. The molecule has 0 atom stereocenters. The van der Waals surface area contributed by atoms with Crippen LogP contribution in [0.3, 0.4) is 0 Å². The Hall–Kier alpha value is -2.85. The molecule has 0 N–H and O–H groups in total. The molecule has 1 heterocycles. The van der Waals surface area contributed by atoms with Crippen LogP contribution in [0, 0.1) is 0 Å². The molecular weight excluding hydrogens is 443 g/mol. The third-order valence-electron chi connectivity index (χ3n) is 4.98. The van der Waals surface area contributed by atoms with Crippen molar-refractivity contribution in [3.8, 4) is 5.75 Å². The standard InChI is InChI=1S/C22H24F3N3O3S/c1-16(2)28(32(29,30)20-10-8-19(31-3)9-11-20)15-21-26-12-13-27(21)14-17-4-6-18(7-5-17)22(23,24)25/h4-13,16H,14-15H2,1-3H3. The van der Waals surface area contributed by atoms with Crippen molar-refractivity contribution in [2.24, 2.45) is 0 Å². The molecule has 0 saturated heterocycles. The Morgan fingerprint density at radius 3 is 2.22 bits per heavy atom. The minimum absolute atomic E-state index is 0.0136. The van der Waals surface area contributed by atoms with Crippen LogP contribution < -0.4 is 4.74 Å². The van der Waals surface area contributed by atoms with Gasteiger partial charge in [0.1, 0.15) is 11.6 Å². The molecule has 10 heteroatoms. The van der Waals surface area contributed by atoms with E-state index in [1.165, 1.54) is 41.9 Å². The highest BCUT2D eigenvalue weighted by Gasteiger charge is 2.30. The van der Waals surface area contributed by atoms with Gasteiger partial charge in [-0.25, -0.2) is 13.4 Å². The van der Waals surface area contributed by atoms with Crippen LogP contribution in [0.25, 0.3) is 0 Å². The van der Waals surface area contributed by atoms with Crippen molar-refractivity contribution in [2.45, 2.75) is 44.1 Å². The van der Waals surface area contributed by atoms with Gasteiger partial charge >= 0.3 is 6.18 Å². The lowest BCUT2D eigenvalue weighted by molar-refractivity contribution is -0.137. The number of alkyl halides is 3. The van der Waals surface area contributed by atoms with Crippen LogP contribution in [-0.4, -0.2) is 35.4 Å². The Morgan fingerprint density at radius 1 is 1.06 bits per heavy atom. The first-order valence-electron chi connectivity index (χ1n) is 9.84. The van der Waals surface area contributed by atoms with Crippen LogP contribution in [-0.2, 0) is 29.3 Å². The van der Waals surface area contributed by atoms with E-state index in [1.54, 1.807) is 36.7 Å². The molecule has 0 aliphatic carbocycles. The summed E-state index contributed by atoms with van der Waals surface area (Å²) in [6.45, 7) is 3.82. The number of imidazole rings is 1. The molecule has 0 aliphatic rings. The van der Waals surface area contributed by atoms with E-state index in [2.05, 4.69) is 4.98 Å². The molecule has 32 heavy (non-hydrogen) atoms. The van der Waals surface area contributed by atoms with E-state index < -0.39 is 21.8 Å². The van der Waals surface area contributed by atoms with Crippen molar-refractivity contribution in [1.29, 1.82) is 0 Å². The van der Waals surface area contributed by atoms with Crippen molar-refractivity contribution in [2.75, 3.05) is 7.11 Å². The Balaban J connectivity index is 1.83. The SMILES string of the molecule is COc1ccc(S(=O)(=O)N(Cc2nccn2Cc2ccc(C(F)(F)F)cc2)C(C)C)cc1. The van der Waals surface area contributed by atoms with Gasteiger partial charge in [0, 0.05) is 25.0 Å². The lowest BCUT2D eigenvalue weighted by Gasteiger charge is -2.26. The number of hydrogen-bond donors (Lipinski definition) is 0. The van der Waals surface area contributed by atoms with Crippen molar-refractivity contribution in [1.82, 2.24) is 13.9 Å². The van der Waals surface area contributed by atoms with E-state index in [1.807, 2.05) is 0 Å². The molecule has 0 spiro atoms. The van der Waals surface area contributed by atoms with Gasteiger partial charge < -0.3 is 9.30 Å². The number of halogens is 3. The summed E-state index contributed by atoms with van der Waals surface area (Å²) in [5.74, 6) is 1.03. The second kappa shape index (κ2) is 9.33. The molecule has 0 bridgehead atoms. The summed E-state index contributed by atoms with van der Waals surface area (Å²) < 4.78 is 73.0. The molecule has 0 fully saturated rings. The number of methoxy groups -OCH3 is 1. The largest absolute Gasteiger partial charge is 0.497 e. The van der Waals surface area contributed by atoms with Crippen LogP contribution in [0.15, 0.2) is 65.8 Å². The van der Waals surface area contributed by atoms with Crippen molar-refractivity contribution in [3.05, 3.63) is 77.9 Å². The van der Waals surface area contributed by atoms with Crippen LogP contribution in [0.5, 0.6) is 5.75 Å². The minimum atomic E-state index is -4.40. The normalized spacial score (nSPS) is 12.5. The first-order chi connectivity index (χ1) is 15.0. The fraction of sp³-hybridized carbons (Fsp3) is 0.318. The fourth-order valence-electron chi connectivity index (χ4n) is 3.20. The van der Waals surface area contributed by atoms with Gasteiger partial charge in [0.15, 0.2) is 0 Å². The fourth-order valence-corrected chi connectivity index (χ4v) is 4.79. The van der Waals surface area contributed by atoms with Crippen molar-refractivity contribution in [3.63, 3.8) is 0 Å². The third-order valence-corrected chi connectivity index (χ3v) is 7.01. The molecule has 0 saturated carbocycles. The van der Waals surface area contributed by atoms with E-state index >= 15 is 0 Å². The summed E-state index contributed by atoms with van der Waals surface area (Å²) in [6, 6.07) is 10.6. The van der Waals surface area contributed by atoms with E-state index in [0.717, 1.165) is 12.1 Å². The second-order valence-corrected chi connectivity index (χ2v) is 9.38. The van der Waals surface area contributed by atoms with Crippen molar-refractivity contribution < 1.29 is 26.3 Å². The van der Waals surface area contributed by atoms with Gasteiger partial charge in [-0.2, -0.15) is 17.5 Å². The molecule has 3 aromatic rings. The molecule has 6 nitrogen and oxygen atoms in total. The molecule has 1 aromatic heterocycles. The monoisotopic (exact) mass is 467 g/mol. The molecule has 3 rings (SSSR count). The second-order valence-electron chi connectivity index (χ2n) is 7.49. The zero-order chi connectivity index (χ0) is 23.5. The third kappa shape index (κ3) is 5.31. The molecule has 2 aromatic carbocycles. The van der Waals surface area contributed by atoms with Gasteiger partial charge in [-0.3, -0.25) is 0 Å². The predicted molar refractivity (Wildman–Crippen MR) is 114 cm³/mol. The van der Waals surface area contributed by atoms with Crippen LogP contribution in [0.2, 0.25) is 0 Å². The van der Waals surface area contributed by atoms with Gasteiger partial charge in [-0.05, 0) is 55.8 Å². The van der Waals surface area contributed by atoms with Gasteiger partial charge in [0.25, 0.3) is 0 Å². The number of rotatable bonds is 8. The smallest absolute Gasteiger partial charge is 0.416 e. The minimum Gasteiger partial charge on any atom is -0.497 e. The summed E-state index contributed by atoms with van der Waals surface area (Å²) in [5, 5.41) is 0. The summed E-state index contributed by atoms with van der Waals surface area (Å²) in [6.07, 6.45) is -1.18. The van der Waals surface area contributed by atoms with Gasteiger partial charge in [-0.15, -0.1) is 0 Å². The summed E-state index contributed by atoms with van der Waals surface area (Å²) >= 11 is 0. The molecule has 0 amide bonds. The highest BCUT2D eigenvalue weighted by atomic mass is 32.2. The summed E-state index contributed by atoms with van der Waals surface area (Å²) in [4.78, 5) is 4.42. The Labute approximate surface area is 185 Å². The highest BCUT2D eigenvalue weighted by Crippen LogP contribution is 2.29. The predicted octanol–water partition coefficient (Wildman–Crippen LogP) is 4.56. The van der Waals surface area contributed by atoms with E-state index in [4.69, 9.17) is 4.74 Å². The average Bonchev–Trinajstić information content (AvgIpc) is 3.18. The van der Waals surface area contributed by atoms with Crippen LogP contribution in [0.4, 0.5) is 13.2 Å². The molecular formula is C22H24F3N3O3S. The first-order valence-corrected chi connectivity index (χ1v) is 11.3. The Bertz CT molecular complexity index is 1140. The van der Waals surface area contributed by atoms with Crippen LogP contribution >= 0.6 is 0 Å². The Kier molecular flexibility index (Phi) is 6.94. The number of ether oxygens (including phenoxy) is 1. The zero-order valence-corrected chi connectivity index (χ0v) is 18.7. The van der Waals surface area contributed by atoms with Crippen molar-refractivity contribution >= 4 is 10.0 Å². The number of aromatic nitrogens is 2. The highest BCUT2D eigenvalue weighted by molar-refractivity contribution is 7.89. The van der Waals surface area contributed by atoms with Gasteiger partial charge in [0.05, 0.1) is 24.1 Å². The number of benzene rings is 2. The molecule has 0 unspecified atom stereocenters. The summed E-state index contributed by atoms with van der Waals surface area (Å²) in [7, 11) is -2.31. The lowest BCUT2D eigenvalue weighted by atomic mass is 10.1. The zero-order valence-electron chi connectivity index (χ0n) is 17.9. The average molecular weight is 468 g/mol. The number of sulfonamides is 1. The van der Waals surface area contributed by atoms with E-state index in [-0.39, 0.29) is 24.0 Å². The maximum absolute atomic E-state index is 13.2. The van der Waals surface area contributed by atoms with E-state index in [0.29, 0.717) is 17.1 Å². The molecule has 0 radical (unpaired) electrons. The Morgan fingerprint density at radius 2 is 1.69 bits per heavy atom. The van der Waals surface area contributed by atoms with E-state index in [9.17, 15) is 21.6 Å². The first kappa shape index (κ1) is 23.8. The topological polar surface area (TPSA) is 64.4 Å². The maximum Gasteiger partial charge on any atom is 0.416 e. The van der Waals surface area contributed by atoms with Gasteiger partial charge in [-0.1, -0.05) is 12.1 Å². The number of hydrogen-bond acceptors (Lipinski definition) is 4. The quantitative estimate of drug-likeness (QED) is 0.487. The lowest BCUT2D eigenvalue weighted by Crippen LogP contribution is -2.37. The van der Waals surface area contributed by atoms with Crippen LogP contribution in [0.1, 0.15) is 30.8 Å². The van der Waals surface area contributed by atoms with Gasteiger partial charge in [0.2, 0.25) is 10.0 Å².